The highest BCUT2D eigenvalue weighted by molar-refractivity contribution is 5.18. The molecule has 2 unspecified atom stereocenters. The van der Waals surface area contributed by atoms with Crippen LogP contribution in [0.15, 0.2) is 30.3 Å². The van der Waals surface area contributed by atoms with E-state index < -0.39 is 0 Å². The van der Waals surface area contributed by atoms with Gasteiger partial charge in [0.2, 0.25) is 0 Å². The van der Waals surface area contributed by atoms with Crippen molar-refractivity contribution in [2.45, 2.75) is 31.8 Å². The van der Waals surface area contributed by atoms with E-state index in [9.17, 15) is 0 Å². The van der Waals surface area contributed by atoms with E-state index in [4.69, 9.17) is 10.5 Å². The maximum absolute atomic E-state index is 6.07. The first-order valence-corrected chi connectivity index (χ1v) is 6.74. The van der Waals surface area contributed by atoms with Crippen molar-refractivity contribution in [2.24, 2.45) is 5.73 Å². The average molecular weight is 248 g/mol. The first-order valence-electron chi connectivity index (χ1n) is 6.74. The van der Waals surface area contributed by atoms with E-state index >= 15 is 0 Å². The third-order valence-corrected chi connectivity index (χ3v) is 3.93. The van der Waals surface area contributed by atoms with Gasteiger partial charge in [-0.25, -0.2) is 0 Å². The lowest BCUT2D eigenvalue weighted by Gasteiger charge is -2.46. The number of hydrogen-bond donors (Lipinski definition) is 1. The number of rotatable bonds is 4. The summed E-state index contributed by atoms with van der Waals surface area (Å²) in [5.74, 6) is 0. The highest BCUT2D eigenvalue weighted by atomic mass is 16.5. The van der Waals surface area contributed by atoms with Gasteiger partial charge in [-0.3, -0.25) is 4.90 Å². The van der Waals surface area contributed by atoms with Crippen LogP contribution in [0.2, 0.25) is 0 Å². The topological polar surface area (TPSA) is 38.5 Å². The number of nitrogens with zero attached hydrogens (tertiary/aromatic N) is 1. The molecule has 2 N–H and O–H groups in total. The van der Waals surface area contributed by atoms with Crippen molar-refractivity contribution < 1.29 is 4.74 Å². The molecule has 3 nitrogen and oxygen atoms in total. The van der Waals surface area contributed by atoms with Gasteiger partial charge in [-0.05, 0) is 25.8 Å². The summed E-state index contributed by atoms with van der Waals surface area (Å²) in [5.41, 5.74) is 7.43. The number of ether oxygens (including phenoxy) is 1. The van der Waals surface area contributed by atoms with Gasteiger partial charge in [0.1, 0.15) is 0 Å². The lowest BCUT2D eigenvalue weighted by molar-refractivity contribution is -0.0506. The van der Waals surface area contributed by atoms with Crippen molar-refractivity contribution in [3.8, 4) is 0 Å². The largest absolute Gasteiger partial charge is 0.379 e. The quantitative estimate of drug-likeness (QED) is 0.881. The van der Waals surface area contributed by atoms with E-state index in [-0.39, 0.29) is 5.54 Å². The van der Waals surface area contributed by atoms with Gasteiger partial charge in [0.25, 0.3) is 0 Å². The lowest BCUT2D eigenvalue weighted by Crippen LogP contribution is -2.60. The Morgan fingerprint density at radius 2 is 2.11 bits per heavy atom. The van der Waals surface area contributed by atoms with Crippen LogP contribution >= 0.6 is 0 Å². The van der Waals surface area contributed by atoms with Crippen molar-refractivity contribution in [1.29, 1.82) is 0 Å². The van der Waals surface area contributed by atoms with Gasteiger partial charge in [0, 0.05) is 24.7 Å². The van der Waals surface area contributed by atoms with Crippen LogP contribution < -0.4 is 5.73 Å². The molecule has 1 fully saturated rings. The Morgan fingerprint density at radius 3 is 2.72 bits per heavy atom. The third kappa shape index (κ3) is 2.91. The van der Waals surface area contributed by atoms with Crippen molar-refractivity contribution in [2.75, 3.05) is 26.3 Å². The van der Waals surface area contributed by atoms with Crippen LogP contribution in [0.25, 0.3) is 0 Å². The SMILES string of the molecule is CC1COCCN1C(C)(CN)Cc1ccccc1. The van der Waals surface area contributed by atoms with Crippen LogP contribution in [-0.4, -0.2) is 42.8 Å². The monoisotopic (exact) mass is 248 g/mol. The molecule has 1 aromatic carbocycles. The molecule has 1 saturated heterocycles. The summed E-state index contributed by atoms with van der Waals surface area (Å²) in [4.78, 5) is 2.50. The molecule has 0 bridgehead atoms. The zero-order valence-corrected chi connectivity index (χ0v) is 11.4. The fraction of sp³-hybridized carbons (Fsp3) is 0.600. The van der Waals surface area contributed by atoms with Gasteiger partial charge in [0.05, 0.1) is 13.2 Å². The maximum Gasteiger partial charge on any atom is 0.0620 e. The number of morpholine rings is 1. The number of benzene rings is 1. The molecule has 0 aromatic heterocycles. The predicted molar refractivity (Wildman–Crippen MR) is 74.6 cm³/mol. The zero-order chi connectivity index (χ0) is 13.0. The smallest absolute Gasteiger partial charge is 0.0620 e. The van der Waals surface area contributed by atoms with Gasteiger partial charge in [-0.15, -0.1) is 0 Å². The Labute approximate surface area is 110 Å². The average Bonchev–Trinajstić information content (AvgIpc) is 2.40. The Bertz CT molecular complexity index is 368. The van der Waals surface area contributed by atoms with Gasteiger partial charge in [-0.1, -0.05) is 30.3 Å². The van der Waals surface area contributed by atoms with Crippen LogP contribution in [0.1, 0.15) is 19.4 Å². The van der Waals surface area contributed by atoms with Crippen LogP contribution in [0.3, 0.4) is 0 Å². The molecule has 2 atom stereocenters. The van der Waals surface area contributed by atoms with Gasteiger partial charge < -0.3 is 10.5 Å². The normalized spacial score (nSPS) is 24.7. The Hall–Kier alpha value is -0.900. The van der Waals surface area contributed by atoms with Crippen LogP contribution in [0.4, 0.5) is 0 Å². The van der Waals surface area contributed by atoms with Gasteiger partial charge in [-0.2, -0.15) is 0 Å². The number of nitrogens with two attached hydrogens (primary N) is 1. The summed E-state index contributed by atoms with van der Waals surface area (Å²) in [5, 5.41) is 0. The molecule has 1 heterocycles. The molecular formula is C15H24N2O. The maximum atomic E-state index is 6.07. The summed E-state index contributed by atoms with van der Waals surface area (Å²) in [6, 6.07) is 11.0. The van der Waals surface area contributed by atoms with Crippen LogP contribution in [0.5, 0.6) is 0 Å². The molecular weight excluding hydrogens is 224 g/mol. The second kappa shape index (κ2) is 5.83. The first-order chi connectivity index (χ1) is 8.65. The summed E-state index contributed by atoms with van der Waals surface area (Å²) in [7, 11) is 0. The fourth-order valence-corrected chi connectivity index (χ4v) is 2.86. The van der Waals surface area contributed by atoms with Crippen molar-refractivity contribution in [1.82, 2.24) is 4.90 Å². The minimum atomic E-state index is 0.0184. The standard InChI is InChI=1S/C15H24N2O/c1-13-11-18-9-8-17(13)15(2,12-16)10-14-6-4-3-5-7-14/h3-7,13H,8-12,16H2,1-2H3. The van der Waals surface area contributed by atoms with Crippen LogP contribution in [0, 0.1) is 0 Å². The van der Waals surface area contributed by atoms with E-state index in [0.717, 1.165) is 26.2 Å². The Balaban J connectivity index is 2.14. The van der Waals surface area contributed by atoms with Crippen molar-refractivity contribution in [3.05, 3.63) is 35.9 Å². The molecule has 1 aliphatic heterocycles. The molecule has 2 rings (SSSR count). The molecule has 100 valence electrons. The second-order valence-corrected chi connectivity index (χ2v) is 5.48. The highest BCUT2D eigenvalue weighted by Gasteiger charge is 2.35. The number of hydrogen-bond acceptors (Lipinski definition) is 3. The van der Waals surface area contributed by atoms with Crippen molar-refractivity contribution in [3.63, 3.8) is 0 Å². The molecule has 1 aliphatic rings. The lowest BCUT2D eigenvalue weighted by atomic mass is 9.89. The molecule has 1 aromatic rings. The van der Waals surface area contributed by atoms with Gasteiger partial charge in [0.15, 0.2) is 0 Å². The minimum absolute atomic E-state index is 0.0184. The fourth-order valence-electron chi connectivity index (χ4n) is 2.86. The summed E-state index contributed by atoms with van der Waals surface area (Å²) >= 11 is 0. The van der Waals surface area contributed by atoms with Gasteiger partial charge >= 0.3 is 0 Å². The second-order valence-electron chi connectivity index (χ2n) is 5.48. The first kappa shape index (κ1) is 13.5. The molecule has 0 spiro atoms. The van der Waals surface area contributed by atoms with Crippen molar-refractivity contribution >= 4 is 0 Å². The summed E-state index contributed by atoms with van der Waals surface area (Å²) < 4.78 is 5.52. The van der Waals surface area contributed by atoms with E-state index in [1.807, 2.05) is 0 Å². The molecule has 0 radical (unpaired) electrons. The van der Waals surface area contributed by atoms with E-state index in [2.05, 4.69) is 49.1 Å². The molecule has 0 amide bonds. The Morgan fingerprint density at radius 1 is 1.39 bits per heavy atom. The molecule has 3 heteroatoms. The van der Waals surface area contributed by atoms with Crippen LogP contribution in [-0.2, 0) is 11.2 Å². The summed E-state index contributed by atoms with van der Waals surface area (Å²) in [6.45, 7) is 7.76. The molecule has 0 saturated carbocycles. The zero-order valence-electron chi connectivity index (χ0n) is 11.4. The summed E-state index contributed by atoms with van der Waals surface area (Å²) in [6.07, 6.45) is 0.995. The molecule has 0 aliphatic carbocycles. The molecule has 18 heavy (non-hydrogen) atoms. The van der Waals surface area contributed by atoms with E-state index in [1.54, 1.807) is 0 Å². The third-order valence-electron chi connectivity index (χ3n) is 3.93. The highest BCUT2D eigenvalue weighted by Crippen LogP contribution is 2.24. The minimum Gasteiger partial charge on any atom is -0.379 e. The van der Waals surface area contributed by atoms with E-state index in [1.165, 1.54) is 5.56 Å². The predicted octanol–water partition coefficient (Wildman–Crippen LogP) is 1.67. The van der Waals surface area contributed by atoms with E-state index in [0.29, 0.717) is 12.6 Å². The Kier molecular flexibility index (Phi) is 4.38.